The molecule has 1 aliphatic heterocycles. The van der Waals surface area contributed by atoms with Crippen LogP contribution < -0.4 is 14.4 Å². The molecular formula is C22H30N2O3S. The topological polar surface area (TPSA) is 58.6 Å². The Bertz CT molecular complexity index is 918. The molecule has 2 aromatic rings. The van der Waals surface area contributed by atoms with Gasteiger partial charge in [0, 0.05) is 24.8 Å². The van der Waals surface area contributed by atoms with Crippen molar-refractivity contribution in [2.45, 2.75) is 51.0 Å². The second-order valence-electron chi connectivity index (χ2n) is 7.57. The number of rotatable bonds is 6. The molecule has 0 spiro atoms. The molecule has 1 fully saturated rings. The zero-order valence-corrected chi connectivity index (χ0v) is 18.0. The summed E-state index contributed by atoms with van der Waals surface area (Å²) in [6.07, 6.45) is 3.77. The number of nitrogens with one attached hydrogen (secondary N) is 1. The Balaban J connectivity index is 1.76. The van der Waals surface area contributed by atoms with Crippen LogP contribution in [-0.2, 0) is 10.0 Å². The fourth-order valence-corrected chi connectivity index (χ4v) is 5.31. The van der Waals surface area contributed by atoms with Gasteiger partial charge in [-0.1, -0.05) is 12.1 Å². The zero-order chi connectivity index (χ0) is 20.3. The standard InChI is InChI=1S/C22H30N2O3S/c1-16-15-22(17(2)14-21(16)27-4)28(25,26)23-18(3)19-8-10-20(11-9-19)24-12-6-5-7-13-24/h8-11,14-15,18,23H,5-7,12-13H2,1-4H3. The summed E-state index contributed by atoms with van der Waals surface area (Å²) in [6, 6.07) is 11.3. The third-order valence-electron chi connectivity index (χ3n) is 5.43. The van der Waals surface area contributed by atoms with E-state index in [1.54, 1.807) is 26.2 Å². The molecule has 0 amide bonds. The SMILES string of the molecule is COc1cc(C)c(S(=O)(=O)NC(C)c2ccc(N3CCCCC3)cc2)cc1C. The van der Waals surface area contributed by atoms with Crippen LogP contribution >= 0.6 is 0 Å². The van der Waals surface area contributed by atoms with Crippen molar-refractivity contribution in [1.29, 1.82) is 0 Å². The Labute approximate surface area is 168 Å². The fraction of sp³-hybridized carbons (Fsp3) is 0.455. The van der Waals surface area contributed by atoms with E-state index in [-0.39, 0.29) is 6.04 Å². The summed E-state index contributed by atoms with van der Waals surface area (Å²) in [4.78, 5) is 2.69. The molecule has 1 aliphatic rings. The van der Waals surface area contributed by atoms with Crippen molar-refractivity contribution in [3.05, 3.63) is 53.1 Å². The Morgan fingerprint density at radius 2 is 1.64 bits per heavy atom. The lowest BCUT2D eigenvalue weighted by Gasteiger charge is -2.29. The minimum atomic E-state index is -3.63. The molecule has 1 N–H and O–H groups in total. The second kappa shape index (κ2) is 8.53. The van der Waals surface area contributed by atoms with Crippen LogP contribution in [0.4, 0.5) is 5.69 Å². The highest BCUT2D eigenvalue weighted by molar-refractivity contribution is 7.89. The first-order chi connectivity index (χ1) is 13.3. The third-order valence-corrected chi connectivity index (χ3v) is 7.11. The summed E-state index contributed by atoms with van der Waals surface area (Å²) in [6.45, 7) is 7.70. The molecule has 0 aliphatic carbocycles. The van der Waals surface area contributed by atoms with E-state index >= 15 is 0 Å². The Kier molecular flexibility index (Phi) is 6.30. The Hall–Kier alpha value is -2.05. The van der Waals surface area contributed by atoms with Crippen molar-refractivity contribution in [2.24, 2.45) is 0 Å². The van der Waals surface area contributed by atoms with Gasteiger partial charge < -0.3 is 9.64 Å². The number of benzene rings is 2. The summed E-state index contributed by atoms with van der Waals surface area (Å²) in [5.41, 5.74) is 3.63. The molecule has 5 nitrogen and oxygen atoms in total. The van der Waals surface area contributed by atoms with E-state index in [0.29, 0.717) is 16.2 Å². The molecule has 0 radical (unpaired) electrons. The van der Waals surface area contributed by atoms with Crippen molar-refractivity contribution in [2.75, 3.05) is 25.1 Å². The summed E-state index contributed by atoms with van der Waals surface area (Å²) in [7, 11) is -2.05. The number of sulfonamides is 1. The van der Waals surface area contributed by atoms with Gasteiger partial charge in [-0.3, -0.25) is 0 Å². The van der Waals surface area contributed by atoms with Crippen molar-refractivity contribution < 1.29 is 13.2 Å². The van der Waals surface area contributed by atoms with Crippen LogP contribution in [0.5, 0.6) is 5.75 Å². The summed E-state index contributed by atoms with van der Waals surface area (Å²) < 4.78 is 34.0. The van der Waals surface area contributed by atoms with Crippen molar-refractivity contribution >= 4 is 15.7 Å². The molecule has 6 heteroatoms. The molecule has 28 heavy (non-hydrogen) atoms. The minimum Gasteiger partial charge on any atom is -0.496 e. The molecule has 1 atom stereocenters. The van der Waals surface area contributed by atoms with Crippen LogP contribution in [0.25, 0.3) is 0 Å². The predicted octanol–water partition coefficient (Wildman–Crippen LogP) is 4.34. The molecule has 3 rings (SSSR count). The van der Waals surface area contributed by atoms with Gasteiger partial charge in [0.2, 0.25) is 10.0 Å². The van der Waals surface area contributed by atoms with Gasteiger partial charge in [-0.15, -0.1) is 0 Å². The van der Waals surface area contributed by atoms with Crippen LogP contribution in [-0.4, -0.2) is 28.6 Å². The number of nitrogens with zero attached hydrogens (tertiary/aromatic N) is 1. The third kappa shape index (κ3) is 4.50. The van der Waals surface area contributed by atoms with E-state index in [4.69, 9.17) is 4.74 Å². The largest absolute Gasteiger partial charge is 0.496 e. The average Bonchev–Trinajstić information content (AvgIpc) is 2.69. The maximum absolute atomic E-state index is 12.9. The van der Waals surface area contributed by atoms with E-state index < -0.39 is 10.0 Å². The highest BCUT2D eigenvalue weighted by Gasteiger charge is 2.22. The Morgan fingerprint density at radius 3 is 2.25 bits per heavy atom. The number of ether oxygens (including phenoxy) is 1. The quantitative estimate of drug-likeness (QED) is 0.781. The first-order valence-corrected chi connectivity index (χ1v) is 11.3. The van der Waals surface area contributed by atoms with Gasteiger partial charge in [-0.25, -0.2) is 13.1 Å². The number of methoxy groups -OCH3 is 1. The maximum Gasteiger partial charge on any atom is 0.241 e. The fourth-order valence-electron chi connectivity index (χ4n) is 3.76. The number of hydrogen-bond acceptors (Lipinski definition) is 4. The molecule has 0 aromatic heterocycles. The summed E-state index contributed by atoms with van der Waals surface area (Å²) >= 11 is 0. The highest BCUT2D eigenvalue weighted by atomic mass is 32.2. The molecular weight excluding hydrogens is 372 g/mol. The van der Waals surface area contributed by atoms with Crippen LogP contribution in [0.1, 0.15) is 48.9 Å². The van der Waals surface area contributed by atoms with Crippen molar-refractivity contribution in [1.82, 2.24) is 4.72 Å². The first kappa shape index (κ1) is 20.7. The van der Waals surface area contributed by atoms with E-state index in [1.807, 2.05) is 26.0 Å². The van der Waals surface area contributed by atoms with E-state index in [1.165, 1.54) is 24.9 Å². The van der Waals surface area contributed by atoms with E-state index in [0.717, 1.165) is 24.2 Å². The number of anilines is 1. The number of aryl methyl sites for hydroxylation is 2. The van der Waals surface area contributed by atoms with Crippen LogP contribution in [0.2, 0.25) is 0 Å². The molecule has 1 heterocycles. The molecule has 1 saturated heterocycles. The normalized spacial score (nSPS) is 16.1. The van der Waals surface area contributed by atoms with Gasteiger partial charge in [0.15, 0.2) is 0 Å². The lowest BCUT2D eigenvalue weighted by atomic mass is 10.1. The summed E-state index contributed by atoms with van der Waals surface area (Å²) in [5, 5.41) is 0. The molecule has 0 saturated carbocycles. The monoisotopic (exact) mass is 402 g/mol. The van der Waals surface area contributed by atoms with Crippen LogP contribution in [0.3, 0.4) is 0 Å². The lowest BCUT2D eigenvalue weighted by molar-refractivity contribution is 0.411. The molecule has 152 valence electrons. The first-order valence-electron chi connectivity index (χ1n) is 9.84. The van der Waals surface area contributed by atoms with E-state index in [2.05, 4.69) is 21.8 Å². The van der Waals surface area contributed by atoms with Crippen molar-refractivity contribution in [3.63, 3.8) is 0 Å². The van der Waals surface area contributed by atoms with Gasteiger partial charge in [-0.05, 0) is 81.0 Å². The van der Waals surface area contributed by atoms with Gasteiger partial charge >= 0.3 is 0 Å². The highest BCUT2D eigenvalue weighted by Crippen LogP contribution is 2.27. The molecule has 1 unspecified atom stereocenters. The van der Waals surface area contributed by atoms with Crippen LogP contribution in [0.15, 0.2) is 41.3 Å². The van der Waals surface area contributed by atoms with Crippen molar-refractivity contribution in [3.8, 4) is 5.75 Å². The van der Waals surface area contributed by atoms with Gasteiger partial charge in [0.1, 0.15) is 5.75 Å². The van der Waals surface area contributed by atoms with Gasteiger partial charge in [-0.2, -0.15) is 0 Å². The molecule has 0 bridgehead atoms. The van der Waals surface area contributed by atoms with E-state index in [9.17, 15) is 8.42 Å². The average molecular weight is 403 g/mol. The smallest absolute Gasteiger partial charge is 0.241 e. The lowest BCUT2D eigenvalue weighted by Crippen LogP contribution is -2.29. The Morgan fingerprint density at radius 1 is 1.00 bits per heavy atom. The number of hydrogen-bond donors (Lipinski definition) is 1. The van der Waals surface area contributed by atoms with Gasteiger partial charge in [0.05, 0.1) is 12.0 Å². The zero-order valence-electron chi connectivity index (χ0n) is 17.2. The maximum atomic E-state index is 12.9. The number of piperidine rings is 1. The van der Waals surface area contributed by atoms with Gasteiger partial charge in [0.25, 0.3) is 0 Å². The second-order valence-corrected chi connectivity index (χ2v) is 9.25. The molecule has 2 aromatic carbocycles. The minimum absolute atomic E-state index is 0.294. The predicted molar refractivity (Wildman–Crippen MR) is 114 cm³/mol. The van der Waals surface area contributed by atoms with Crippen LogP contribution in [0, 0.1) is 13.8 Å². The summed E-state index contributed by atoms with van der Waals surface area (Å²) in [5.74, 6) is 0.692.